The highest BCUT2D eigenvalue weighted by Gasteiger charge is 2.19. The van der Waals surface area contributed by atoms with Gasteiger partial charge in [-0.25, -0.2) is 4.79 Å². The van der Waals surface area contributed by atoms with Crippen LogP contribution in [0.3, 0.4) is 0 Å². The molecule has 0 unspecified atom stereocenters. The predicted octanol–water partition coefficient (Wildman–Crippen LogP) is 2.32. The molecule has 0 heterocycles. The standard InChI is InChI=1S/C13H12O2/c1-10(11-6-2-3-7-11)13(14)15-12-8-4-5-9-12/h2-9,11-12H,1H2. The normalized spacial score (nSPS) is 18.9. The summed E-state index contributed by atoms with van der Waals surface area (Å²) < 4.78 is 5.21. The number of ether oxygens (including phenoxy) is 1. The molecule has 0 aromatic carbocycles. The van der Waals surface area contributed by atoms with Gasteiger partial charge in [0.1, 0.15) is 6.10 Å². The van der Waals surface area contributed by atoms with E-state index in [9.17, 15) is 4.79 Å². The molecule has 0 saturated heterocycles. The average Bonchev–Trinajstić information content (AvgIpc) is 2.88. The number of hydrogen-bond acceptors (Lipinski definition) is 2. The molecule has 0 aromatic heterocycles. The van der Waals surface area contributed by atoms with Gasteiger partial charge < -0.3 is 4.74 Å². The van der Waals surface area contributed by atoms with Crippen LogP contribution in [0.15, 0.2) is 60.8 Å². The maximum absolute atomic E-state index is 11.6. The smallest absolute Gasteiger partial charge is 0.335 e. The summed E-state index contributed by atoms with van der Waals surface area (Å²) in [6, 6.07) is 0. The van der Waals surface area contributed by atoms with Gasteiger partial charge in [-0.3, -0.25) is 0 Å². The van der Waals surface area contributed by atoms with Crippen LogP contribution in [0.5, 0.6) is 0 Å². The van der Waals surface area contributed by atoms with Gasteiger partial charge in [-0.15, -0.1) is 0 Å². The highest BCUT2D eigenvalue weighted by molar-refractivity contribution is 5.89. The fraction of sp³-hybridized carbons (Fsp3) is 0.154. The van der Waals surface area contributed by atoms with Gasteiger partial charge in [0.05, 0.1) is 0 Å². The van der Waals surface area contributed by atoms with Crippen LogP contribution in [-0.4, -0.2) is 12.1 Å². The molecule has 2 heteroatoms. The molecule has 76 valence electrons. The minimum atomic E-state index is -0.336. The topological polar surface area (TPSA) is 26.3 Å². The van der Waals surface area contributed by atoms with Gasteiger partial charge in [-0.2, -0.15) is 0 Å². The first-order valence-corrected chi connectivity index (χ1v) is 4.87. The van der Waals surface area contributed by atoms with Gasteiger partial charge in [0.2, 0.25) is 0 Å². The van der Waals surface area contributed by atoms with Crippen LogP contribution < -0.4 is 0 Å². The number of allylic oxidation sites excluding steroid dienone is 6. The maximum Gasteiger partial charge on any atom is 0.335 e. The van der Waals surface area contributed by atoms with Crippen LogP contribution in [0.2, 0.25) is 0 Å². The van der Waals surface area contributed by atoms with Crippen LogP contribution >= 0.6 is 0 Å². The predicted molar refractivity (Wildman–Crippen MR) is 59.1 cm³/mol. The van der Waals surface area contributed by atoms with E-state index < -0.39 is 0 Å². The third kappa shape index (κ3) is 2.15. The third-order valence-corrected chi connectivity index (χ3v) is 2.37. The van der Waals surface area contributed by atoms with Crippen LogP contribution in [0, 0.1) is 5.92 Å². The molecule has 0 aromatic rings. The van der Waals surface area contributed by atoms with Crippen molar-refractivity contribution in [1.29, 1.82) is 0 Å². The molecule has 2 rings (SSSR count). The Morgan fingerprint density at radius 2 is 1.53 bits per heavy atom. The molecular formula is C13H12O2. The Balaban J connectivity index is 1.93. The molecule has 0 amide bonds. The molecule has 0 spiro atoms. The van der Waals surface area contributed by atoms with Crippen molar-refractivity contribution in [3.05, 3.63) is 60.8 Å². The zero-order valence-electron chi connectivity index (χ0n) is 8.30. The summed E-state index contributed by atoms with van der Waals surface area (Å²) in [7, 11) is 0. The molecule has 0 radical (unpaired) electrons. The van der Waals surface area contributed by atoms with Crippen LogP contribution in [0.25, 0.3) is 0 Å². The Bertz CT molecular complexity index is 373. The largest absolute Gasteiger partial charge is 0.450 e. The van der Waals surface area contributed by atoms with Crippen molar-refractivity contribution in [3.63, 3.8) is 0 Å². The van der Waals surface area contributed by atoms with E-state index in [0.29, 0.717) is 5.57 Å². The summed E-state index contributed by atoms with van der Waals surface area (Å²) in [4.78, 5) is 11.6. The quantitative estimate of drug-likeness (QED) is 0.516. The first-order chi connectivity index (χ1) is 7.27. The fourth-order valence-corrected chi connectivity index (χ4v) is 1.49. The molecule has 0 N–H and O–H groups in total. The molecule has 0 atom stereocenters. The zero-order chi connectivity index (χ0) is 10.7. The van der Waals surface area contributed by atoms with Crippen molar-refractivity contribution < 1.29 is 9.53 Å². The summed E-state index contributed by atoms with van der Waals surface area (Å²) in [5.74, 6) is -0.343. The second kappa shape index (κ2) is 4.13. The summed E-state index contributed by atoms with van der Waals surface area (Å²) in [5, 5.41) is 0. The second-order valence-corrected chi connectivity index (χ2v) is 3.46. The average molecular weight is 200 g/mol. The molecular weight excluding hydrogens is 188 g/mol. The van der Waals surface area contributed by atoms with Crippen molar-refractivity contribution in [2.24, 2.45) is 5.92 Å². The van der Waals surface area contributed by atoms with E-state index in [1.54, 1.807) is 0 Å². The zero-order valence-corrected chi connectivity index (χ0v) is 8.30. The summed E-state index contributed by atoms with van der Waals surface area (Å²) in [6.45, 7) is 3.75. The summed E-state index contributed by atoms with van der Waals surface area (Å²) >= 11 is 0. The maximum atomic E-state index is 11.6. The molecule has 2 nitrogen and oxygen atoms in total. The summed E-state index contributed by atoms with van der Waals surface area (Å²) in [6.07, 6.45) is 14.8. The van der Waals surface area contributed by atoms with E-state index in [2.05, 4.69) is 6.58 Å². The number of carbonyl (C=O) groups is 1. The Morgan fingerprint density at radius 3 is 2.13 bits per heavy atom. The van der Waals surface area contributed by atoms with E-state index in [1.807, 2.05) is 48.6 Å². The third-order valence-electron chi connectivity index (χ3n) is 2.37. The first-order valence-electron chi connectivity index (χ1n) is 4.87. The minimum Gasteiger partial charge on any atom is -0.450 e. The van der Waals surface area contributed by atoms with E-state index in [4.69, 9.17) is 4.74 Å². The van der Waals surface area contributed by atoms with Crippen molar-refractivity contribution in [2.45, 2.75) is 6.10 Å². The van der Waals surface area contributed by atoms with Crippen molar-refractivity contribution in [3.8, 4) is 0 Å². The van der Waals surface area contributed by atoms with Crippen LogP contribution in [0.1, 0.15) is 0 Å². The Hall–Kier alpha value is -1.83. The molecule has 0 fully saturated rings. The van der Waals surface area contributed by atoms with E-state index in [-0.39, 0.29) is 18.0 Å². The molecule has 0 saturated carbocycles. The Morgan fingerprint density at radius 1 is 1.00 bits per heavy atom. The minimum absolute atomic E-state index is 0.00753. The second-order valence-electron chi connectivity index (χ2n) is 3.46. The van der Waals surface area contributed by atoms with Gasteiger partial charge in [0.15, 0.2) is 0 Å². The van der Waals surface area contributed by atoms with Gasteiger partial charge in [-0.1, -0.05) is 43.0 Å². The lowest BCUT2D eigenvalue weighted by Gasteiger charge is -2.12. The van der Waals surface area contributed by atoms with Crippen molar-refractivity contribution >= 4 is 5.97 Å². The van der Waals surface area contributed by atoms with Gasteiger partial charge >= 0.3 is 5.97 Å². The fourth-order valence-electron chi connectivity index (χ4n) is 1.49. The number of hydrogen-bond donors (Lipinski definition) is 0. The lowest BCUT2D eigenvalue weighted by molar-refractivity contribution is -0.140. The van der Waals surface area contributed by atoms with Gasteiger partial charge in [-0.05, 0) is 12.2 Å². The number of esters is 1. The Kier molecular flexibility index (Phi) is 2.68. The monoisotopic (exact) mass is 200 g/mol. The molecule has 0 aliphatic heterocycles. The SMILES string of the molecule is C=C(C(=O)OC1C=CC=C1)C1C=CC=C1. The highest BCUT2D eigenvalue weighted by Crippen LogP contribution is 2.19. The lowest BCUT2D eigenvalue weighted by Crippen LogP contribution is -2.17. The molecule has 15 heavy (non-hydrogen) atoms. The highest BCUT2D eigenvalue weighted by atomic mass is 16.5. The Labute approximate surface area is 88.9 Å². The van der Waals surface area contributed by atoms with Crippen molar-refractivity contribution in [1.82, 2.24) is 0 Å². The molecule has 0 bridgehead atoms. The van der Waals surface area contributed by atoms with Crippen LogP contribution in [-0.2, 0) is 9.53 Å². The summed E-state index contributed by atoms with van der Waals surface area (Å²) in [5.41, 5.74) is 0.480. The van der Waals surface area contributed by atoms with Crippen molar-refractivity contribution in [2.75, 3.05) is 0 Å². The van der Waals surface area contributed by atoms with Crippen LogP contribution in [0.4, 0.5) is 0 Å². The first kappa shape index (κ1) is 9.71. The van der Waals surface area contributed by atoms with E-state index in [1.165, 1.54) is 0 Å². The van der Waals surface area contributed by atoms with E-state index in [0.717, 1.165) is 0 Å². The number of carbonyl (C=O) groups excluding carboxylic acids is 1. The lowest BCUT2D eigenvalue weighted by atomic mass is 10.0. The molecule has 2 aliphatic rings. The number of rotatable bonds is 3. The van der Waals surface area contributed by atoms with Gasteiger partial charge in [0.25, 0.3) is 0 Å². The van der Waals surface area contributed by atoms with E-state index >= 15 is 0 Å². The molecule has 2 aliphatic carbocycles. The van der Waals surface area contributed by atoms with Gasteiger partial charge in [0, 0.05) is 11.5 Å².